The van der Waals surface area contributed by atoms with Crippen molar-refractivity contribution in [3.63, 3.8) is 0 Å². The number of nitrogens with zero attached hydrogens (tertiary/aromatic N) is 4. The molecule has 0 radical (unpaired) electrons. The van der Waals surface area contributed by atoms with Gasteiger partial charge in [0.25, 0.3) is 0 Å². The van der Waals surface area contributed by atoms with Crippen molar-refractivity contribution in [2.24, 2.45) is 7.05 Å². The summed E-state index contributed by atoms with van der Waals surface area (Å²) in [6.45, 7) is 3.59. The van der Waals surface area contributed by atoms with Crippen LogP contribution in [0.5, 0.6) is 0 Å². The molecule has 0 amide bonds. The number of oxazole rings is 1. The van der Waals surface area contributed by atoms with Crippen molar-refractivity contribution in [1.82, 2.24) is 14.5 Å². The van der Waals surface area contributed by atoms with Crippen molar-refractivity contribution < 1.29 is 9.34 Å². The fourth-order valence-electron chi connectivity index (χ4n) is 1.56. The average molecular weight is 251 g/mol. The van der Waals surface area contributed by atoms with Gasteiger partial charge >= 0.3 is 5.82 Å². The van der Waals surface area contributed by atoms with Gasteiger partial charge in [0.05, 0.1) is 6.20 Å². The Kier molecular flexibility index (Phi) is 3.00. The summed E-state index contributed by atoms with van der Waals surface area (Å²) in [5.41, 5.74) is 0. The first-order valence-corrected chi connectivity index (χ1v) is 5.33. The molecule has 1 N–H and O–H groups in total. The zero-order valence-electron chi connectivity index (χ0n) is 10.2. The van der Waals surface area contributed by atoms with Crippen molar-refractivity contribution in [2.45, 2.75) is 19.9 Å². The van der Waals surface area contributed by atoms with E-state index in [1.807, 2.05) is 6.92 Å². The van der Waals surface area contributed by atoms with E-state index in [0.717, 1.165) is 0 Å². The summed E-state index contributed by atoms with van der Waals surface area (Å²) in [7, 11) is 1.68. The molecule has 2 aromatic heterocycles. The van der Waals surface area contributed by atoms with E-state index in [1.165, 1.54) is 6.33 Å². The van der Waals surface area contributed by atoms with E-state index in [2.05, 4.69) is 15.3 Å². The molecule has 0 aliphatic carbocycles. The van der Waals surface area contributed by atoms with E-state index in [0.29, 0.717) is 17.5 Å². The van der Waals surface area contributed by atoms with E-state index < -0.39 is 4.92 Å². The zero-order chi connectivity index (χ0) is 13.3. The van der Waals surface area contributed by atoms with Crippen LogP contribution in [0.2, 0.25) is 0 Å². The first-order chi connectivity index (χ1) is 8.49. The lowest BCUT2D eigenvalue weighted by atomic mass is 10.3. The van der Waals surface area contributed by atoms with Crippen molar-refractivity contribution in [2.75, 3.05) is 5.32 Å². The molecule has 2 heterocycles. The Morgan fingerprint density at radius 2 is 2.28 bits per heavy atom. The molecular formula is C10H13N5O3. The molecule has 1 atom stereocenters. The number of rotatable bonds is 4. The highest BCUT2D eigenvalue weighted by Gasteiger charge is 2.23. The lowest BCUT2D eigenvalue weighted by Crippen LogP contribution is -2.11. The monoisotopic (exact) mass is 251 g/mol. The van der Waals surface area contributed by atoms with E-state index in [4.69, 9.17) is 4.42 Å². The van der Waals surface area contributed by atoms with Crippen molar-refractivity contribution in [3.05, 3.63) is 34.3 Å². The SMILES string of the molecule is Cc1cnc(C(C)Nc2c([N+](=O)[O-])ncn2C)o1. The number of hydrogen-bond donors (Lipinski definition) is 1. The highest BCUT2D eigenvalue weighted by molar-refractivity contribution is 5.52. The van der Waals surface area contributed by atoms with Gasteiger partial charge in [-0.25, -0.2) is 4.98 Å². The molecule has 8 nitrogen and oxygen atoms in total. The maximum atomic E-state index is 10.8. The van der Waals surface area contributed by atoms with Gasteiger partial charge in [-0.1, -0.05) is 0 Å². The molecule has 18 heavy (non-hydrogen) atoms. The van der Waals surface area contributed by atoms with Gasteiger partial charge in [0.2, 0.25) is 18.0 Å². The fraction of sp³-hybridized carbons (Fsp3) is 0.400. The second kappa shape index (κ2) is 4.47. The van der Waals surface area contributed by atoms with Crippen LogP contribution in [0.1, 0.15) is 24.6 Å². The topological polar surface area (TPSA) is 99.0 Å². The molecule has 0 fully saturated rings. The molecule has 2 aromatic rings. The van der Waals surface area contributed by atoms with Gasteiger partial charge in [-0.15, -0.1) is 0 Å². The Hall–Kier alpha value is -2.38. The van der Waals surface area contributed by atoms with Gasteiger partial charge in [0, 0.05) is 7.05 Å². The Labute approximate surface area is 103 Å². The molecule has 0 bridgehead atoms. The van der Waals surface area contributed by atoms with Crippen LogP contribution >= 0.6 is 0 Å². The first-order valence-electron chi connectivity index (χ1n) is 5.33. The van der Waals surface area contributed by atoms with Crippen LogP contribution in [-0.4, -0.2) is 19.5 Å². The number of anilines is 1. The Morgan fingerprint density at radius 3 is 2.83 bits per heavy atom. The summed E-state index contributed by atoms with van der Waals surface area (Å²) in [6.07, 6.45) is 2.99. The number of aromatic nitrogens is 3. The van der Waals surface area contributed by atoms with Crippen LogP contribution < -0.4 is 5.32 Å². The maximum Gasteiger partial charge on any atom is 0.406 e. The smallest absolute Gasteiger partial charge is 0.406 e. The summed E-state index contributed by atoms with van der Waals surface area (Å²) in [5, 5.41) is 13.8. The standard InChI is InChI=1S/C10H13N5O3/c1-6-4-11-10(18-6)7(2)13-9-8(15(16)17)12-5-14(9)3/h4-5,7,13H,1-3H3. The predicted molar refractivity (Wildman–Crippen MR) is 63.1 cm³/mol. The average Bonchev–Trinajstić information content (AvgIpc) is 2.87. The molecule has 1 unspecified atom stereocenters. The third-order valence-corrected chi connectivity index (χ3v) is 2.45. The molecular weight excluding hydrogens is 238 g/mol. The molecule has 0 aliphatic heterocycles. The summed E-state index contributed by atoms with van der Waals surface area (Å²) >= 11 is 0. The number of hydrogen-bond acceptors (Lipinski definition) is 6. The minimum atomic E-state index is -0.532. The van der Waals surface area contributed by atoms with Gasteiger partial charge in [0.15, 0.2) is 0 Å². The van der Waals surface area contributed by atoms with Crippen LogP contribution in [0.3, 0.4) is 0 Å². The lowest BCUT2D eigenvalue weighted by molar-refractivity contribution is -0.388. The number of aryl methyl sites for hydroxylation is 2. The molecule has 8 heteroatoms. The summed E-state index contributed by atoms with van der Waals surface area (Å²) in [6, 6.07) is -0.284. The van der Waals surface area contributed by atoms with Gasteiger partial charge in [-0.05, 0) is 23.8 Å². The van der Waals surface area contributed by atoms with Crippen molar-refractivity contribution in [3.8, 4) is 0 Å². The number of nitrogens with one attached hydrogen (secondary N) is 1. The second-order valence-corrected chi connectivity index (χ2v) is 3.96. The van der Waals surface area contributed by atoms with E-state index in [1.54, 1.807) is 24.7 Å². The largest absolute Gasteiger partial charge is 0.444 e. The lowest BCUT2D eigenvalue weighted by Gasteiger charge is -2.11. The second-order valence-electron chi connectivity index (χ2n) is 3.96. The van der Waals surface area contributed by atoms with Crippen LogP contribution in [0.15, 0.2) is 16.9 Å². The Morgan fingerprint density at radius 1 is 1.56 bits per heavy atom. The molecule has 0 saturated heterocycles. The van der Waals surface area contributed by atoms with Gasteiger partial charge in [-0.3, -0.25) is 4.57 Å². The first kappa shape index (κ1) is 12.1. The molecule has 2 rings (SSSR count). The van der Waals surface area contributed by atoms with Gasteiger partial charge < -0.3 is 19.8 Å². The van der Waals surface area contributed by atoms with E-state index in [-0.39, 0.29) is 11.9 Å². The minimum absolute atomic E-state index is 0.215. The molecule has 0 aliphatic rings. The van der Waals surface area contributed by atoms with E-state index >= 15 is 0 Å². The summed E-state index contributed by atoms with van der Waals surface area (Å²) < 4.78 is 6.91. The third kappa shape index (κ3) is 2.17. The zero-order valence-corrected chi connectivity index (χ0v) is 10.2. The third-order valence-electron chi connectivity index (χ3n) is 2.45. The summed E-state index contributed by atoms with van der Waals surface area (Å²) in [5.74, 6) is 1.28. The van der Waals surface area contributed by atoms with Crippen molar-refractivity contribution in [1.29, 1.82) is 0 Å². The molecule has 0 aromatic carbocycles. The Bertz CT molecular complexity index is 574. The fourth-order valence-corrected chi connectivity index (χ4v) is 1.56. The maximum absolute atomic E-state index is 10.8. The summed E-state index contributed by atoms with van der Waals surface area (Å²) in [4.78, 5) is 18.1. The van der Waals surface area contributed by atoms with E-state index in [9.17, 15) is 10.1 Å². The highest BCUT2D eigenvalue weighted by atomic mass is 16.6. The quantitative estimate of drug-likeness (QED) is 0.657. The Balaban J connectivity index is 2.23. The predicted octanol–water partition coefficient (Wildman–Crippen LogP) is 1.80. The van der Waals surface area contributed by atoms with Gasteiger partial charge in [-0.2, -0.15) is 0 Å². The highest BCUT2D eigenvalue weighted by Crippen LogP contribution is 2.25. The van der Waals surface area contributed by atoms with Crippen LogP contribution in [-0.2, 0) is 7.05 Å². The van der Waals surface area contributed by atoms with Crippen molar-refractivity contribution >= 4 is 11.6 Å². The minimum Gasteiger partial charge on any atom is -0.444 e. The molecule has 0 saturated carbocycles. The van der Waals surface area contributed by atoms with Crippen LogP contribution in [0, 0.1) is 17.0 Å². The van der Waals surface area contributed by atoms with Crippen LogP contribution in [0.25, 0.3) is 0 Å². The number of nitro groups is 1. The normalized spacial score (nSPS) is 12.4. The molecule has 96 valence electrons. The van der Waals surface area contributed by atoms with Crippen LogP contribution in [0.4, 0.5) is 11.6 Å². The molecule has 0 spiro atoms. The van der Waals surface area contributed by atoms with Gasteiger partial charge in [0.1, 0.15) is 11.8 Å². The number of imidazole rings is 1.